The van der Waals surface area contributed by atoms with Crippen molar-refractivity contribution in [3.8, 4) is 0 Å². The summed E-state index contributed by atoms with van der Waals surface area (Å²) >= 11 is 1.68. The normalized spacial score (nSPS) is 23.0. The molecule has 1 aromatic heterocycles. The Labute approximate surface area is 152 Å². The Morgan fingerprint density at radius 3 is 2.84 bits per heavy atom. The van der Waals surface area contributed by atoms with Crippen LogP contribution in [0.4, 0.5) is 5.69 Å². The van der Waals surface area contributed by atoms with Crippen LogP contribution in [0.5, 0.6) is 0 Å². The monoisotopic (exact) mass is 357 g/mol. The Kier molecular flexibility index (Phi) is 4.83. The molecule has 1 N–H and O–H groups in total. The van der Waals surface area contributed by atoms with Crippen LogP contribution in [0.1, 0.15) is 17.8 Å². The van der Waals surface area contributed by atoms with E-state index in [1.54, 1.807) is 11.3 Å². The summed E-state index contributed by atoms with van der Waals surface area (Å²) in [5, 5.41) is 6.24. The Balaban J connectivity index is 1.51. The van der Waals surface area contributed by atoms with E-state index >= 15 is 0 Å². The zero-order valence-corrected chi connectivity index (χ0v) is 15.0. The van der Waals surface area contributed by atoms with Crippen molar-refractivity contribution in [2.75, 3.05) is 31.6 Å². The zero-order valence-electron chi connectivity index (χ0n) is 14.2. The van der Waals surface area contributed by atoms with Crippen molar-refractivity contribution in [1.29, 1.82) is 0 Å². The molecule has 0 bridgehead atoms. The molecule has 2 aliphatic heterocycles. The highest BCUT2D eigenvalue weighted by Gasteiger charge is 2.50. The van der Waals surface area contributed by atoms with Crippen LogP contribution >= 0.6 is 11.3 Å². The summed E-state index contributed by atoms with van der Waals surface area (Å²) in [5.74, 6) is 0.131. The van der Waals surface area contributed by atoms with Crippen LogP contribution < -0.4 is 5.32 Å². The number of amides is 1. The first-order valence-electron chi connectivity index (χ1n) is 8.80. The molecule has 0 aliphatic carbocycles. The van der Waals surface area contributed by atoms with Gasteiger partial charge >= 0.3 is 0 Å². The molecule has 5 nitrogen and oxygen atoms in total. The van der Waals surface area contributed by atoms with Gasteiger partial charge in [0.25, 0.3) is 0 Å². The number of hydrogen-bond acceptors (Lipinski definition) is 5. The number of thiazole rings is 1. The number of anilines is 1. The molecule has 0 saturated carbocycles. The number of carbonyl (C=O) groups excluding carboxylic acids is 1. The molecule has 2 fully saturated rings. The minimum atomic E-state index is -0.00318. The number of hydrogen-bond donors (Lipinski definition) is 1. The molecular weight excluding hydrogens is 334 g/mol. The molecule has 6 heteroatoms. The van der Waals surface area contributed by atoms with Gasteiger partial charge in [-0.1, -0.05) is 18.2 Å². The molecule has 1 spiro atoms. The molecule has 3 heterocycles. The van der Waals surface area contributed by atoms with Crippen LogP contribution in [0.3, 0.4) is 0 Å². The van der Waals surface area contributed by atoms with E-state index in [0.717, 1.165) is 56.4 Å². The van der Waals surface area contributed by atoms with Crippen LogP contribution in [0.25, 0.3) is 0 Å². The van der Waals surface area contributed by atoms with Crippen molar-refractivity contribution in [2.24, 2.45) is 11.3 Å². The smallest absolute Gasteiger partial charge is 0.229 e. The molecule has 4 rings (SSSR count). The number of likely N-dealkylation sites (tertiary alicyclic amines) is 1. The number of ether oxygens (including phenoxy) is 1. The lowest BCUT2D eigenvalue weighted by molar-refractivity contribution is -0.124. The number of nitrogens with zero attached hydrogens (tertiary/aromatic N) is 2. The van der Waals surface area contributed by atoms with E-state index < -0.39 is 0 Å². The number of rotatable bonds is 4. The standard InChI is InChI=1S/C19H23N3O2S/c23-18(21-15-4-2-1-3-5-15)16-12-22(13-17-20-8-11-25-17)14-19(16)6-9-24-10-7-19/h1-5,8,11,16H,6-7,9-10,12-14H2,(H,21,23)/t16-/m1/s1. The van der Waals surface area contributed by atoms with Crippen molar-refractivity contribution in [3.05, 3.63) is 46.9 Å². The van der Waals surface area contributed by atoms with Crippen molar-refractivity contribution in [1.82, 2.24) is 9.88 Å². The Morgan fingerprint density at radius 2 is 2.12 bits per heavy atom. The average Bonchev–Trinajstić information content (AvgIpc) is 3.25. The van der Waals surface area contributed by atoms with E-state index in [1.165, 1.54) is 0 Å². The van der Waals surface area contributed by atoms with Gasteiger partial charge in [0.1, 0.15) is 5.01 Å². The SMILES string of the molecule is O=C(Nc1ccccc1)[C@H]1CN(Cc2nccs2)CC12CCOCC2. The van der Waals surface area contributed by atoms with Gasteiger partial charge in [-0.15, -0.1) is 11.3 Å². The van der Waals surface area contributed by atoms with Crippen molar-refractivity contribution >= 4 is 22.9 Å². The van der Waals surface area contributed by atoms with Crippen LogP contribution in [0, 0.1) is 11.3 Å². The van der Waals surface area contributed by atoms with E-state index in [1.807, 2.05) is 41.9 Å². The van der Waals surface area contributed by atoms with Gasteiger partial charge in [-0.2, -0.15) is 0 Å². The van der Waals surface area contributed by atoms with E-state index in [9.17, 15) is 4.79 Å². The number of nitrogens with one attached hydrogen (secondary N) is 1. The highest BCUT2D eigenvalue weighted by molar-refractivity contribution is 7.09. The van der Waals surface area contributed by atoms with Gasteiger partial charge in [-0.3, -0.25) is 9.69 Å². The largest absolute Gasteiger partial charge is 0.381 e. The van der Waals surface area contributed by atoms with Gasteiger partial charge in [-0.05, 0) is 25.0 Å². The van der Waals surface area contributed by atoms with Crippen molar-refractivity contribution in [3.63, 3.8) is 0 Å². The molecular formula is C19H23N3O2S. The highest BCUT2D eigenvalue weighted by Crippen LogP contribution is 2.45. The summed E-state index contributed by atoms with van der Waals surface area (Å²) in [7, 11) is 0. The van der Waals surface area contributed by atoms with Crippen LogP contribution in [0.15, 0.2) is 41.9 Å². The van der Waals surface area contributed by atoms with Crippen LogP contribution in [-0.4, -0.2) is 42.1 Å². The Hall–Kier alpha value is -1.76. The molecule has 2 saturated heterocycles. The summed E-state index contributed by atoms with van der Waals surface area (Å²) in [6.45, 7) is 4.07. The summed E-state index contributed by atoms with van der Waals surface area (Å²) in [6.07, 6.45) is 3.75. The van der Waals surface area contributed by atoms with E-state index in [2.05, 4.69) is 15.2 Å². The maximum Gasteiger partial charge on any atom is 0.229 e. The van der Waals surface area contributed by atoms with Gasteiger partial charge in [0, 0.05) is 49.0 Å². The van der Waals surface area contributed by atoms with Gasteiger partial charge in [-0.25, -0.2) is 4.98 Å². The molecule has 1 amide bonds. The summed E-state index contributed by atoms with van der Waals surface area (Å²) in [4.78, 5) is 19.8. The predicted molar refractivity (Wildman–Crippen MR) is 98.4 cm³/mol. The minimum Gasteiger partial charge on any atom is -0.381 e. The van der Waals surface area contributed by atoms with Gasteiger partial charge in [0.15, 0.2) is 0 Å². The average molecular weight is 357 g/mol. The number of aromatic nitrogens is 1. The first-order chi connectivity index (χ1) is 12.3. The third-order valence-electron chi connectivity index (χ3n) is 5.41. The fourth-order valence-electron chi connectivity index (χ4n) is 4.11. The molecule has 1 atom stereocenters. The lowest BCUT2D eigenvalue weighted by Crippen LogP contribution is -2.42. The Morgan fingerprint density at radius 1 is 1.32 bits per heavy atom. The van der Waals surface area contributed by atoms with Crippen LogP contribution in [-0.2, 0) is 16.1 Å². The molecule has 25 heavy (non-hydrogen) atoms. The first kappa shape index (κ1) is 16.7. The first-order valence-corrected chi connectivity index (χ1v) is 9.68. The maximum absolute atomic E-state index is 13.0. The molecule has 132 valence electrons. The van der Waals surface area contributed by atoms with Crippen molar-refractivity contribution in [2.45, 2.75) is 19.4 Å². The Bertz CT molecular complexity index is 699. The molecule has 2 aromatic rings. The summed E-state index contributed by atoms with van der Waals surface area (Å²) < 4.78 is 5.58. The molecule has 1 aromatic carbocycles. The number of carbonyl (C=O) groups is 1. The maximum atomic E-state index is 13.0. The van der Waals surface area contributed by atoms with Gasteiger partial charge in [0.05, 0.1) is 12.5 Å². The third kappa shape index (κ3) is 3.61. The molecule has 0 unspecified atom stereocenters. The second-order valence-corrected chi connectivity index (χ2v) is 7.96. The fraction of sp³-hybridized carbons (Fsp3) is 0.474. The lowest BCUT2D eigenvalue weighted by Gasteiger charge is -2.37. The highest BCUT2D eigenvalue weighted by atomic mass is 32.1. The second-order valence-electron chi connectivity index (χ2n) is 6.98. The van der Waals surface area contributed by atoms with E-state index in [0.29, 0.717) is 0 Å². The second kappa shape index (κ2) is 7.23. The van der Waals surface area contributed by atoms with E-state index in [4.69, 9.17) is 4.74 Å². The number of benzene rings is 1. The fourth-order valence-corrected chi connectivity index (χ4v) is 4.77. The van der Waals surface area contributed by atoms with Gasteiger partial charge < -0.3 is 10.1 Å². The summed E-state index contributed by atoms with van der Waals surface area (Å²) in [5.41, 5.74) is 0.891. The zero-order chi connectivity index (χ0) is 17.1. The lowest BCUT2D eigenvalue weighted by atomic mass is 9.71. The van der Waals surface area contributed by atoms with Crippen LogP contribution in [0.2, 0.25) is 0 Å². The van der Waals surface area contributed by atoms with Crippen molar-refractivity contribution < 1.29 is 9.53 Å². The topological polar surface area (TPSA) is 54.5 Å². The molecule has 2 aliphatic rings. The van der Waals surface area contributed by atoms with E-state index in [-0.39, 0.29) is 17.2 Å². The number of para-hydroxylation sites is 1. The van der Waals surface area contributed by atoms with Gasteiger partial charge in [0.2, 0.25) is 5.91 Å². The minimum absolute atomic E-state index is 0.00318. The summed E-state index contributed by atoms with van der Waals surface area (Å²) in [6, 6.07) is 9.74. The third-order valence-corrected chi connectivity index (χ3v) is 6.17. The molecule has 0 radical (unpaired) electrons. The quantitative estimate of drug-likeness (QED) is 0.914. The predicted octanol–water partition coefficient (Wildman–Crippen LogP) is 3.01.